The van der Waals surface area contributed by atoms with Crippen molar-refractivity contribution in [3.63, 3.8) is 0 Å². The van der Waals surface area contributed by atoms with E-state index in [0.717, 1.165) is 5.56 Å². The maximum absolute atomic E-state index is 12.0. The molecule has 18 heavy (non-hydrogen) atoms. The van der Waals surface area contributed by atoms with E-state index in [0.29, 0.717) is 11.2 Å². The lowest BCUT2D eigenvalue weighted by molar-refractivity contribution is 0.628. The van der Waals surface area contributed by atoms with Crippen LogP contribution in [0.15, 0.2) is 41.8 Å². The van der Waals surface area contributed by atoms with Gasteiger partial charge in [0, 0.05) is 12.4 Å². The van der Waals surface area contributed by atoms with Crippen LogP contribution in [0.2, 0.25) is 0 Å². The molecule has 3 aromatic rings. The number of aromatic nitrogens is 5. The molecule has 1 atom stereocenters. The molecule has 0 saturated heterocycles. The summed E-state index contributed by atoms with van der Waals surface area (Å²) in [5.41, 5.74) is 2.01. The highest BCUT2D eigenvalue weighted by atomic mass is 16.1. The third-order valence-corrected chi connectivity index (χ3v) is 2.93. The van der Waals surface area contributed by atoms with E-state index in [9.17, 15) is 4.79 Å². The first-order valence-electron chi connectivity index (χ1n) is 5.57. The molecule has 0 aliphatic carbocycles. The van der Waals surface area contributed by atoms with Gasteiger partial charge in [0.15, 0.2) is 5.65 Å². The number of aromatic amines is 1. The number of imidazole rings is 1. The second-order valence-corrected chi connectivity index (χ2v) is 4.02. The van der Waals surface area contributed by atoms with Crippen molar-refractivity contribution in [1.82, 2.24) is 24.5 Å². The SMILES string of the molecule is C[C@H](c1cccnc1)n1c(=O)[nH]c2cncnc21. The Labute approximate surface area is 102 Å². The van der Waals surface area contributed by atoms with E-state index in [1.165, 1.54) is 6.33 Å². The van der Waals surface area contributed by atoms with Gasteiger partial charge in [-0.3, -0.25) is 9.55 Å². The first kappa shape index (κ1) is 10.6. The highest BCUT2D eigenvalue weighted by molar-refractivity contribution is 5.69. The number of hydrogen-bond donors (Lipinski definition) is 1. The Morgan fingerprint density at radius 1 is 1.33 bits per heavy atom. The molecular weight excluding hydrogens is 230 g/mol. The molecule has 0 aliphatic heterocycles. The highest BCUT2D eigenvalue weighted by Crippen LogP contribution is 2.18. The Bertz CT molecular complexity index is 731. The van der Waals surface area contributed by atoms with Gasteiger partial charge in [-0.1, -0.05) is 6.07 Å². The molecule has 0 spiro atoms. The summed E-state index contributed by atoms with van der Waals surface area (Å²) in [6.07, 6.45) is 6.48. The number of pyridine rings is 1. The fraction of sp³-hybridized carbons (Fsp3) is 0.167. The summed E-state index contributed by atoms with van der Waals surface area (Å²) in [5.74, 6) is 0. The molecule has 3 heterocycles. The Kier molecular flexibility index (Phi) is 2.40. The summed E-state index contributed by atoms with van der Waals surface area (Å²) in [7, 11) is 0. The molecule has 0 fully saturated rings. The van der Waals surface area contributed by atoms with Gasteiger partial charge in [-0.25, -0.2) is 14.8 Å². The van der Waals surface area contributed by atoms with Crippen molar-refractivity contribution < 1.29 is 0 Å². The first-order valence-corrected chi connectivity index (χ1v) is 5.57. The first-order chi connectivity index (χ1) is 8.77. The standard InChI is InChI=1S/C12H11N5O/c1-8(9-3-2-4-13-5-9)17-11-10(16-12(17)18)6-14-7-15-11/h2-8H,1H3,(H,16,18)/t8-/m1/s1. The predicted octanol–water partition coefficient (Wildman–Crippen LogP) is 1.12. The summed E-state index contributed by atoms with van der Waals surface area (Å²) in [5, 5.41) is 0. The lowest BCUT2D eigenvalue weighted by Gasteiger charge is -2.12. The lowest BCUT2D eigenvalue weighted by atomic mass is 10.1. The minimum Gasteiger partial charge on any atom is -0.303 e. The van der Waals surface area contributed by atoms with Gasteiger partial charge >= 0.3 is 5.69 Å². The van der Waals surface area contributed by atoms with E-state index in [1.807, 2.05) is 19.1 Å². The summed E-state index contributed by atoms with van der Waals surface area (Å²) in [4.78, 5) is 26.8. The minimum atomic E-state index is -0.193. The number of fused-ring (bicyclic) bond motifs is 1. The predicted molar refractivity (Wildman–Crippen MR) is 66.2 cm³/mol. The third-order valence-electron chi connectivity index (χ3n) is 2.93. The van der Waals surface area contributed by atoms with Crippen molar-refractivity contribution in [2.45, 2.75) is 13.0 Å². The summed E-state index contributed by atoms with van der Waals surface area (Å²) in [6.45, 7) is 1.94. The van der Waals surface area contributed by atoms with Crippen LogP contribution in [-0.2, 0) is 0 Å². The number of nitrogens with zero attached hydrogens (tertiary/aromatic N) is 4. The van der Waals surface area contributed by atoms with E-state index < -0.39 is 0 Å². The van der Waals surface area contributed by atoms with Crippen LogP contribution in [0.25, 0.3) is 11.2 Å². The van der Waals surface area contributed by atoms with E-state index in [-0.39, 0.29) is 11.7 Å². The van der Waals surface area contributed by atoms with Crippen LogP contribution in [0.4, 0.5) is 0 Å². The molecule has 0 aliphatic rings. The van der Waals surface area contributed by atoms with Gasteiger partial charge in [0.25, 0.3) is 0 Å². The maximum atomic E-state index is 12.0. The van der Waals surface area contributed by atoms with Crippen molar-refractivity contribution in [2.24, 2.45) is 0 Å². The normalized spacial score (nSPS) is 12.7. The molecule has 1 N–H and O–H groups in total. The topological polar surface area (TPSA) is 76.5 Å². The number of nitrogens with one attached hydrogen (secondary N) is 1. The molecule has 0 saturated carbocycles. The van der Waals surface area contributed by atoms with Crippen molar-refractivity contribution in [2.75, 3.05) is 0 Å². The van der Waals surface area contributed by atoms with Crippen LogP contribution in [0.3, 0.4) is 0 Å². The molecule has 90 valence electrons. The summed E-state index contributed by atoms with van der Waals surface area (Å²) >= 11 is 0. The van der Waals surface area contributed by atoms with Gasteiger partial charge in [-0.15, -0.1) is 0 Å². The van der Waals surface area contributed by atoms with Gasteiger partial charge in [0.1, 0.15) is 11.8 Å². The zero-order valence-corrected chi connectivity index (χ0v) is 9.74. The third kappa shape index (κ3) is 1.58. The Morgan fingerprint density at radius 3 is 3.00 bits per heavy atom. The molecular formula is C12H11N5O. The van der Waals surface area contributed by atoms with Crippen LogP contribution in [-0.4, -0.2) is 24.5 Å². The molecule has 0 bridgehead atoms. The number of rotatable bonds is 2. The van der Waals surface area contributed by atoms with E-state index >= 15 is 0 Å². The van der Waals surface area contributed by atoms with Crippen LogP contribution < -0.4 is 5.69 Å². The zero-order chi connectivity index (χ0) is 12.5. The summed E-state index contributed by atoms with van der Waals surface area (Å²) in [6, 6.07) is 3.65. The Hall–Kier alpha value is -2.50. The van der Waals surface area contributed by atoms with Gasteiger partial charge in [0.2, 0.25) is 0 Å². The maximum Gasteiger partial charge on any atom is 0.328 e. The van der Waals surface area contributed by atoms with Gasteiger partial charge in [0.05, 0.1) is 12.2 Å². The quantitative estimate of drug-likeness (QED) is 0.729. The molecule has 0 aromatic carbocycles. The van der Waals surface area contributed by atoms with E-state index in [2.05, 4.69) is 19.9 Å². The van der Waals surface area contributed by atoms with E-state index in [1.54, 1.807) is 23.2 Å². The zero-order valence-electron chi connectivity index (χ0n) is 9.74. The van der Waals surface area contributed by atoms with Crippen molar-refractivity contribution in [1.29, 1.82) is 0 Å². The van der Waals surface area contributed by atoms with Crippen molar-refractivity contribution in [3.05, 3.63) is 53.1 Å². The van der Waals surface area contributed by atoms with Gasteiger partial charge in [-0.2, -0.15) is 0 Å². The van der Waals surface area contributed by atoms with E-state index in [4.69, 9.17) is 0 Å². The average molecular weight is 241 g/mol. The number of hydrogen-bond acceptors (Lipinski definition) is 4. The average Bonchev–Trinajstić information content (AvgIpc) is 2.75. The van der Waals surface area contributed by atoms with Crippen LogP contribution in [0, 0.1) is 0 Å². The molecule has 3 aromatic heterocycles. The molecule has 0 amide bonds. The fourth-order valence-corrected chi connectivity index (χ4v) is 2.01. The Balaban J connectivity index is 2.20. The fourth-order valence-electron chi connectivity index (χ4n) is 2.01. The highest BCUT2D eigenvalue weighted by Gasteiger charge is 2.15. The molecule has 6 heteroatoms. The van der Waals surface area contributed by atoms with Crippen LogP contribution in [0.1, 0.15) is 18.5 Å². The van der Waals surface area contributed by atoms with Crippen LogP contribution >= 0.6 is 0 Å². The lowest BCUT2D eigenvalue weighted by Crippen LogP contribution is -2.21. The molecule has 6 nitrogen and oxygen atoms in total. The smallest absolute Gasteiger partial charge is 0.303 e. The van der Waals surface area contributed by atoms with Crippen molar-refractivity contribution in [3.8, 4) is 0 Å². The molecule has 0 unspecified atom stereocenters. The second kappa shape index (κ2) is 4.06. The van der Waals surface area contributed by atoms with Crippen LogP contribution in [0.5, 0.6) is 0 Å². The largest absolute Gasteiger partial charge is 0.328 e. The monoisotopic (exact) mass is 241 g/mol. The van der Waals surface area contributed by atoms with Crippen molar-refractivity contribution >= 4 is 11.2 Å². The molecule has 0 radical (unpaired) electrons. The molecule has 3 rings (SSSR count). The number of H-pyrrole nitrogens is 1. The second-order valence-electron chi connectivity index (χ2n) is 4.02. The van der Waals surface area contributed by atoms with Gasteiger partial charge in [-0.05, 0) is 18.6 Å². The summed E-state index contributed by atoms with van der Waals surface area (Å²) < 4.78 is 1.61. The minimum absolute atomic E-state index is 0.130. The Morgan fingerprint density at radius 2 is 2.22 bits per heavy atom. The van der Waals surface area contributed by atoms with Gasteiger partial charge < -0.3 is 4.98 Å².